The molecular weight excluding hydrogens is 410 g/mol. The van der Waals surface area contributed by atoms with Crippen LogP contribution >= 0.6 is 11.6 Å². The number of hydrogen-bond donors (Lipinski definition) is 1. The molecule has 10 heteroatoms. The first-order valence-electron chi connectivity index (χ1n) is 7.45. The number of sulfone groups is 1. The third-order valence-corrected chi connectivity index (χ3v) is 6.55. The quantitative estimate of drug-likeness (QED) is 0.726. The summed E-state index contributed by atoms with van der Waals surface area (Å²) >= 11 is 5.71. The monoisotopic (exact) mass is 423 g/mol. The Balaban J connectivity index is 2.35. The third-order valence-electron chi connectivity index (χ3n) is 3.87. The number of hydrogen-bond acceptors (Lipinski definition) is 3. The summed E-state index contributed by atoms with van der Waals surface area (Å²) in [6.07, 6.45) is -4.96. The zero-order chi connectivity index (χ0) is 20.6. The van der Waals surface area contributed by atoms with Gasteiger partial charge < -0.3 is 5.32 Å². The van der Waals surface area contributed by atoms with E-state index < -0.39 is 38.0 Å². The molecule has 0 heterocycles. The second-order valence-corrected chi connectivity index (χ2v) is 9.05. The van der Waals surface area contributed by atoms with Crippen molar-refractivity contribution in [2.75, 3.05) is 5.32 Å². The minimum atomic E-state index is -4.96. The van der Waals surface area contributed by atoms with Crippen LogP contribution in [0.25, 0.3) is 0 Å². The van der Waals surface area contributed by atoms with Crippen LogP contribution in [-0.2, 0) is 20.8 Å². The third kappa shape index (κ3) is 4.24. The molecule has 2 rings (SSSR count). The summed E-state index contributed by atoms with van der Waals surface area (Å²) in [5.74, 6) is -2.58. The highest BCUT2D eigenvalue weighted by atomic mass is 35.5. The summed E-state index contributed by atoms with van der Waals surface area (Å²) in [6.45, 7) is 2.22. The van der Waals surface area contributed by atoms with Gasteiger partial charge in [-0.25, -0.2) is 12.8 Å². The molecule has 0 unspecified atom stereocenters. The van der Waals surface area contributed by atoms with Crippen LogP contribution in [0.2, 0.25) is 5.02 Å². The van der Waals surface area contributed by atoms with E-state index in [4.69, 9.17) is 11.6 Å². The van der Waals surface area contributed by atoms with Crippen molar-refractivity contribution in [1.29, 1.82) is 0 Å². The Hall–Kier alpha value is -2.13. The average molecular weight is 424 g/mol. The number of benzene rings is 2. The molecule has 0 atom stereocenters. The summed E-state index contributed by atoms with van der Waals surface area (Å²) in [6, 6.07) is 6.94. The van der Waals surface area contributed by atoms with Crippen LogP contribution in [-0.4, -0.2) is 19.1 Å². The maximum atomic E-state index is 13.3. The lowest BCUT2D eigenvalue weighted by molar-refractivity contribution is -0.140. The lowest BCUT2D eigenvalue weighted by atomic mass is 10.1. The molecule has 27 heavy (non-hydrogen) atoms. The van der Waals surface area contributed by atoms with Gasteiger partial charge in [0.25, 0.3) is 0 Å². The van der Waals surface area contributed by atoms with Gasteiger partial charge in [0, 0.05) is 10.7 Å². The van der Waals surface area contributed by atoms with Gasteiger partial charge in [0.2, 0.25) is 5.91 Å². The Labute approximate surface area is 158 Å². The molecule has 0 aliphatic heterocycles. The fraction of sp³-hybridized carbons (Fsp3) is 0.235. The summed E-state index contributed by atoms with van der Waals surface area (Å²) in [5, 5.41) is 2.39. The molecule has 0 fully saturated rings. The Morgan fingerprint density at radius 1 is 1.04 bits per heavy atom. The van der Waals surface area contributed by atoms with Crippen LogP contribution in [0.15, 0.2) is 47.4 Å². The molecule has 0 spiro atoms. The van der Waals surface area contributed by atoms with Crippen LogP contribution in [0.3, 0.4) is 0 Å². The number of carbonyl (C=O) groups excluding carboxylic acids is 1. The topological polar surface area (TPSA) is 63.2 Å². The second kappa shape index (κ2) is 7.12. The number of rotatable bonds is 4. The highest BCUT2D eigenvalue weighted by Gasteiger charge is 2.43. The van der Waals surface area contributed by atoms with E-state index in [9.17, 15) is 30.8 Å². The SMILES string of the molecule is CC(C)(C(=O)Nc1ccc(F)c(C(F)(F)F)c1)S(=O)(=O)c1ccc(Cl)cc1. The smallest absolute Gasteiger partial charge is 0.325 e. The van der Waals surface area contributed by atoms with Crippen molar-refractivity contribution >= 4 is 33.0 Å². The fourth-order valence-corrected chi connectivity index (χ4v) is 3.64. The highest BCUT2D eigenvalue weighted by Crippen LogP contribution is 2.34. The van der Waals surface area contributed by atoms with E-state index in [1.165, 1.54) is 24.3 Å². The van der Waals surface area contributed by atoms with Gasteiger partial charge >= 0.3 is 6.18 Å². The van der Waals surface area contributed by atoms with Crippen LogP contribution in [0, 0.1) is 5.82 Å². The van der Waals surface area contributed by atoms with Crippen LogP contribution in [0.5, 0.6) is 0 Å². The van der Waals surface area contributed by atoms with E-state index in [-0.39, 0.29) is 10.6 Å². The zero-order valence-electron chi connectivity index (χ0n) is 14.1. The van der Waals surface area contributed by atoms with E-state index in [0.29, 0.717) is 17.2 Å². The minimum Gasteiger partial charge on any atom is -0.325 e. The predicted molar refractivity (Wildman–Crippen MR) is 92.7 cm³/mol. The van der Waals surface area contributed by atoms with Gasteiger partial charge in [-0.05, 0) is 56.3 Å². The largest absolute Gasteiger partial charge is 0.419 e. The molecule has 0 radical (unpaired) electrons. The van der Waals surface area contributed by atoms with E-state index in [1.54, 1.807) is 0 Å². The lowest BCUT2D eigenvalue weighted by Crippen LogP contribution is -2.44. The van der Waals surface area contributed by atoms with Crippen LogP contribution < -0.4 is 5.32 Å². The Morgan fingerprint density at radius 2 is 1.59 bits per heavy atom. The molecule has 0 aliphatic carbocycles. The second-order valence-electron chi connectivity index (χ2n) is 6.11. The van der Waals surface area contributed by atoms with Gasteiger partial charge in [0.1, 0.15) is 10.6 Å². The first-order valence-corrected chi connectivity index (χ1v) is 9.31. The molecule has 1 amide bonds. The Kier molecular flexibility index (Phi) is 5.58. The summed E-state index contributed by atoms with van der Waals surface area (Å²) in [5.41, 5.74) is -1.95. The Bertz CT molecular complexity index is 971. The van der Waals surface area contributed by atoms with E-state index in [0.717, 1.165) is 19.9 Å². The molecule has 0 saturated heterocycles. The van der Waals surface area contributed by atoms with Gasteiger partial charge in [-0.3, -0.25) is 4.79 Å². The summed E-state index contributed by atoms with van der Waals surface area (Å²) in [7, 11) is -4.19. The molecule has 4 nitrogen and oxygen atoms in total. The zero-order valence-corrected chi connectivity index (χ0v) is 15.6. The molecule has 0 bridgehead atoms. The maximum Gasteiger partial charge on any atom is 0.419 e. The number of carbonyl (C=O) groups is 1. The van der Waals surface area contributed by atoms with Gasteiger partial charge in [-0.2, -0.15) is 13.2 Å². The average Bonchev–Trinajstić information content (AvgIpc) is 2.55. The Morgan fingerprint density at radius 3 is 2.11 bits per heavy atom. The molecule has 0 saturated carbocycles. The molecule has 2 aromatic rings. The maximum absolute atomic E-state index is 13.3. The molecule has 2 aromatic carbocycles. The van der Waals surface area contributed by atoms with Crippen molar-refractivity contribution in [1.82, 2.24) is 0 Å². The van der Waals surface area contributed by atoms with E-state index in [2.05, 4.69) is 5.32 Å². The minimum absolute atomic E-state index is 0.179. The number of anilines is 1. The van der Waals surface area contributed by atoms with Crippen molar-refractivity contribution in [3.63, 3.8) is 0 Å². The lowest BCUT2D eigenvalue weighted by Gasteiger charge is -2.24. The van der Waals surface area contributed by atoms with Crippen molar-refractivity contribution in [2.45, 2.75) is 29.7 Å². The fourth-order valence-electron chi connectivity index (χ4n) is 2.13. The standard InChI is InChI=1S/C17H14ClF4NO3S/c1-16(2,27(25,26)12-6-3-10(18)4-7-12)15(24)23-11-5-8-14(19)13(9-11)17(20,21)22/h3-9H,1-2H3,(H,23,24). The molecule has 0 aliphatic rings. The summed E-state index contributed by atoms with van der Waals surface area (Å²) in [4.78, 5) is 12.3. The van der Waals surface area contributed by atoms with Crippen molar-refractivity contribution in [3.8, 4) is 0 Å². The normalized spacial score (nSPS) is 12.7. The van der Waals surface area contributed by atoms with Gasteiger partial charge in [-0.1, -0.05) is 11.6 Å². The van der Waals surface area contributed by atoms with Crippen molar-refractivity contribution in [2.24, 2.45) is 0 Å². The van der Waals surface area contributed by atoms with Crippen molar-refractivity contribution in [3.05, 3.63) is 58.9 Å². The first kappa shape index (κ1) is 21.2. The summed E-state index contributed by atoms with van der Waals surface area (Å²) < 4.78 is 75.1. The number of nitrogens with one attached hydrogen (secondary N) is 1. The molecule has 146 valence electrons. The van der Waals surface area contributed by atoms with Gasteiger partial charge in [0.05, 0.1) is 10.5 Å². The van der Waals surface area contributed by atoms with Gasteiger partial charge in [0.15, 0.2) is 9.84 Å². The number of amides is 1. The molecule has 0 aromatic heterocycles. The number of alkyl halides is 3. The van der Waals surface area contributed by atoms with Crippen molar-refractivity contribution < 1.29 is 30.8 Å². The van der Waals surface area contributed by atoms with Crippen LogP contribution in [0.4, 0.5) is 23.2 Å². The molecular formula is C17H14ClF4NO3S. The van der Waals surface area contributed by atoms with Crippen LogP contribution in [0.1, 0.15) is 19.4 Å². The first-order chi connectivity index (χ1) is 12.3. The highest BCUT2D eigenvalue weighted by molar-refractivity contribution is 7.93. The number of halogens is 5. The predicted octanol–water partition coefficient (Wildman–Crippen LogP) is 4.69. The molecule has 1 N–H and O–H groups in total. The van der Waals surface area contributed by atoms with E-state index >= 15 is 0 Å². The van der Waals surface area contributed by atoms with Gasteiger partial charge in [-0.15, -0.1) is 0 Å². The van der Waals surface area contributed by atoms with E-state index in [1.807, 2.05) is 0 Å².